The Morgan fingerprint density at radius 3 is 2.00 bits per heavy atom. The molecular formula is C26H24O. The Morgan fingerprint density at radius 1 is 0.741 bits per heavy atom. The van der Waals surface area contributed by atoms with E-state index in [0.717, 1.165) is 31.1 Å². The van der Waals surface area contributed by atoms with Gasteiger partial charge in [-0.3, -0.25) is 4.79 Å². The first-order valence-electron chi connectivity index (χ1n) is 9.61. The lowest BCUT2D eigenvalue weighted by atomic mass is 9.87. The van der Waals surface area contributed by atoms with E-state index in [2.05, 4.69) is 74.5 Å². The first-order chi connectivity index (χ1) is 13.2. The maximum absolute atomic E-state index is 11.3. The summed E-state index contributed by atoms with van der Waals surface area (Å²) in [6.45, 7) is 4.25. The molecular weight excluding hydrogens is 328 g/mol. The molecule has 3 aromatic rings. The van der Waals surface area contributed by atoms with Gasteiger partial charge in [0.1, 0.15) is 6.29 Å². The van der Waals surface area contributed by atoms with Crippen molar-refractivity contribution in [2.75, 3.05) is 0 Å². The number of aryl methyl sites for hydroxylation is 3. The van der Waals surface area contributed by atoms with E-state index in [-0.39, 0.29) is 0 Å². The second kappa shape index (κ2) is 7.36. The summed E-state index contributed by atoms with van der Waals surface area (Å²) in [5.41, 5.74) is 11.1. The summed E-state index contributed by atoms with van der Waals surface area (Å²) in [6.07, 6.45) is 4.08. The first kappa shape index (κ1) is 17.5. The van der Waals surface area contributed by atoms with E-state index in [1.165, 1.54) is 44.5 Å². The van der Waals surface area contributed by atoms with Crippen LogP contribution in [0.25, 0.3) is 11.1 Å². The van der Waals surface area contributed by atoms with Gasteiger partial charge in [-0.1, -0.05) is 71.8 Å². The maximum Gasteiger partial charge on any atom is 0.150 e. The van der Waals surface area contributed by atoms with E-state index in [4.69, 9.17) is 0 Å². The van der Waals surface area contributed by atoms with Gasteiger partial charge in [-0.25, -0.2) is 0 Å². The normalized spacial score (nSPS) is 13.9. The van der Waals surface area contributed by atoms with Crippen molar-refractivity contribution in [2.45, 2.75) is 33.1 Å². The van der Waals surface area contributed by atoms with Crippen molar-refractivity contribution in [3.63, 3.8) is 0 Å². The molecule has 1 aliphatic rings. The molecule has 0 N–H and O–H groups in total. The van der Waals surface area contributed by atoms with Gasteiger partial charge in [0.2, 0.25) is 0 Å². The Hall–Kier alpha value is -2.93. The fraction of sp³-hybridized carbons (Fsp3) is 0.192. The van der Waals surface area contributed by atoms with Gasteiger partial charge < -0.3 is 0 Å². The van der Waals surface area contributed by atoms with E-state index in [0.29, 0.717) is 0 Å². The van der Waals surface area contributed by atoms with Crippen LogP contribution in [-0.4, -0.2) is 6.29 Å². The Kier molecular flexibility index (Phi) is 4.77. The SMILES string of the molecule is Cc1ccc(C2=C(c3ccc(C)cc3)c3ccc(C=O)cc3CCC2)cc1. The smallest absolute Gasteiger partial charge is 0.150 e. The highest BCUT2D eigenvalue weighted by Crippen LogP contribution is 2.40. The van der Waals surface area contributed by atoms with Crippen LogP contribution < -0.4 is 0 Å². The standard InChI is InChI=1S/C26H24O/c1-18-6-11-21(12-7-18)24-5-3-4-23-16-20(17-27)10-15-25(23)26(24)22-13-8-19(2)9-14-22/h6-17H,3-5H2,1-2H3. The lowest BCUT2D eigenvalue weighted by molar-refractivity contribution is 0.112. The molecule has 0 heterocycles. The average Bonchev–Trinajstić information content (AvgIpc) is 2.88. The second-order valence-corrected chi connectivity index (χ2v) is 7.47. The quantitative estimate of drug-likeness (QED) is 0.498. The fourth-order valence-electron chi connectivity index (χ4n) is 3.97. The first-order valence-corrected chi connectivity index (χ1v) is 9.61. The summed E-state index contributed by atoms with van der Waals surface area (Å²) in [5, 5.41) is 0. The van der Waals surface area contributed by atoms with E-state index in [1.807, 2.05) is 6.07 Å². The van der Waals surface area contributed by atoms with Gasteiger partial charge in [0.25, 0.3) is 0 Å². The number of carbonyl (C=O) groups excluding carboxylic acids is 1. The highest BCUT2D eigenvalue weighted by atomic mass is 16.1. The highest BCUT2D eigenvalue weighted by Gasteiger charge is 2.20. The number of hydrogen-bond donors (Lipinski definition) is 0. The number of carbonyl (C=O) groups is 1. The van der Waals surface area contributed by atoms with Crippen LogP contribution >= 0.6 is 0 Å². The number of fused-ring (bicyclic) bond motifs is 1. The molecule has 4 rings (SSSR count). The zero-order valence-electron chi connectivity index (χ0n) is 16.0. The summed E-state index contributed by atoms with van der Waals surface area (Å²) in [6, 6.07) is 23.8. The zero-order chi connectivity index (χ0) is 18.8. The summed E-state index contributed by atoms with van der Waals surface area (Å²) in [7, 11) is 0. The van der Waals surface area contributed by atoms with Gasteiger partial charge in [-0.15, -0.1) is 0 Å². The molecule has 1 aliphatic carbocycles. The van der Waals surface area contributed by atoms with Gasteiger partial charge in [0.05, 0.1) is 0 Å². The molecule has 1 nitrogen and oxygen atoms in total. The van der Waals surface area contributed by atoms with Crippen LogP contribution in [0.2, 0.25) is 0 Å². The van der Waals surface area contributed by atoms with Crippen LogP contribution in [0.1, 0.15) is 56.6 Å². The van der Waals surface area contributed by atoms with E-state index in [9.17, 15) is 4.79 Å². The largest absolute Gasteiger partial charge is 0.298 e. The summed E-state index contributed by atoms with van der Waals surface area (Å²) >= 11 is 0. The van der Waals surface area contributed by atoms with Crippen molar-refractivity contribution in [1.29, 1.82) is 0 Å². The minimum Gasteiger partial charge on any atom is -0.298 e. The predicted octanol–water partition coefficient (Wildman–Crippen LogP) is 6.41. The van der Waals surface area contributed by atoms with Crippen molar-refractivity contribution < 1.29 is 4.79 Å². The zero-order valence-corrected chi connectivity index (χ0v) is 16.0. The number of rotatable bonds is 3. The minimum atomic E-state index is 0.760. The van der Waals surface area contributed by atoms with Gasteiger partial charge in [0, 0.05) is 5.56 Å². The highest BCUT2D eigenvalue weighted by molar-refractivity contribution is 6.00. The fourth-order valence-corrected chi connectivity index (χ4v) is 3.97. The van der Waals surface area contributed by atoms with Gasteiger partial charge in [-0.2, -0.15) is 0 Å². The van der Waals surface area contributed by atoms with Crippen molar-refractivity contribution in [3.8, 4) is 0 Å². The molecule has 0 saturated carbocycles. The molecule has 134 valence electrons. The molecule has 0 radical (unpaired) electrons. The number of allylic oxidation sites excluding steroid dienone is 1. The topological polar surface area (TPSA) is 17.1 Å². The summed E-state index contributed by atoms with van der Waals surface area (Å²) in [5.74, 6) is 0. The van der Waals surface area contributed by atoms with Crippen molar-refractivity contribution in [2.24, 2.45) is 0 Å². The number of hydrogen-bond acceptors (Lipinski definition) is 1. The minimum absolute atomic E-state index is 0.760. The Bertz CT molecular complexity index is 1010. The van der Waals surface area contributed by atoms with Crippen LogP contribution in [0.5, 0.6) is 0 Å². The van der Waals surface area contributed by atoms with E-state index < -0.39 is 0 Å². The Morgan fingerprint density at radius 2 is 1.37 bits per heavy atom. The Labute approximate surface area is 161 Å². The van der Waals surface area contributed by atoms with Gasteiger partial charge in [-0.05, 0) is 72.6 Å². The molecule has 1 heteroatoms. The second-order valence-electron chi connectivity index (χ2n) is 7.47. The van der Waals surface area contributed by atoms with Gasteiger partial charge in [0.15, 0.2) is 0 Å². The van der Waals surface area contributed by atoms with Crippen LogP contribution in [0.15, 0.2) is 66.7 Å². The molecule has 0 amide bonds. The lowest BCUT2D eigenvalue weighted by Crippen LogP contribution is -1.97. The third-order valence-electron chi connectivity index (χ3n) is 5.45. The van der Waals surface area contributed by atoms with Crippen LogP contribution in [0.4, 0.5) is 0 Å². The number of benzene rings is 3. The molecule has 0 unspecified atom stereocenters. The molecule has 0 atom stereocenters. The monoisotopic (exact) mass is 352 g/mol. The molecule has 0 aromatic heterocycles. The third-order valence-corrected chi connectivity index (χ3v) is 5.45. The van der Waals surface area contributed by atoms with Crippen LogP contribution in [0, 0.1) is 13.8 Å². The van der Waals surface area contributed by atoms with Gasteiger partial charge >= 0.3 is 0 Å². The molecule has 3 aromatic carbocycles. The molecule has 27 heavy (non-hydrogen) atoms. The number of aldehydes is 1. The molecule has 0 fully saturated rings. The van der Waals surface area contributed by atoms with E-state index in [1.54, 1.807) is 0 Å². The molecule has 0 bridgehead atoms. The van der Waals surface area contributed by atoms with Crippen molar-refractivity contribution in [1.82, 2.24) is 0 Å². The molecule has 0 aliphatic heterocycles. The predicted molar refractivity (Wildman–Crippen MR) is 113 cm³/mol. The van der Waals surface area contributed by atoms with Crippen LogP contribution in [-0.2, 0) is 6.42 Å². The maximum atomic E-state index is 11.3. The Balaban J connectivity index is 1.99. The molecule has 0 saturated heterocycles. The van der Waals surface area contributed by atoms with Crippen molar-refractivity contribution >= 4 is 17.4 Å². The van der Waals surface area contributed by atoms with E-state index >= 15 is 0 Å². The third kappa shape index (κ3) is 3.50. The molecule has 0 spiro atoms. The summed E-state index contributed by atoms with van der Waals surface area (Å²) < 4.78 is 0. The van der Waals surface area contributed by atoms with Crippen LogP contribution in [0.3, 0.4) is 0 Å². The van der Waals surface area contributed by atoms with Crippen molar-refractivity contribution in [3.05, 3.63) is 106 Å². The lowest BCUT2D eigenvalue weighted by Gasteiger charge is -2.17. The average molecular weight is 352 g/mol. The summed E-state index contributed by atoms with van der Waals surface area (Å²) in [4.78, 5) is 11.3.